The normalized spacial score (nSPS) is 21.1. The molecule has 3 N–H and O–H groups in total. The minimum Gasteiger partial charge on any atom is -0.508 e. The second-order valence-corrected chi connectivity index (χ2v) is 11.5. The molecule has 0 spiro atoms. The van der Waals surface area contributed by atoms with Crippen molar-refractivity contribution in [3.63, 3.8) is 0 Å². The number of nitrogens with one attached hydrogen (secondary N) is 1. The van der Waals surface area contributed by atoms with Crippen LogP contribution in [0.15, 0.2) is 28.7 Å². The molecular weight excluding hydrogens is 499 g/mol. The highest BCUT2D eigenvalue weighted by molar-refractivity contribution is 7.13. The summed E-state index contributed by atoms with van der Waals surface area (Å²) in [6.45, 7) is 6.80. The number of thiazole rings is 1. The molecule has 2 atom stereocenters. The third-order valence-electron chi connectivity index (χ3n) is 6.59. The van der Waals surface area contributed by atoms with Crippen molar-refractivity contribution in [2.24, 2.45) is 10.4 Å². The largest absolute Gasteiger partial charge is 0.508 e. The monoisotopic (exact) mass is 530 g/mol. The van der Waals surface area contributed by atoms with Crippen molar-refractivity contribution >= 4 is 34.8 Å². The molecular formula is C26H31FN4O5S. The van der Waals surface area contributed by atoms with Crippen molar-refractivity contribution in [1.29, 1.82) is 0 Å². The van der Waals surface area contributed by atoms with Gasteiger partial charge in [0.15, 0.2) is 5.67 Å². The second kappa shape index (κ2) is 9.94. The summed E-state index contributed by atoms with van der Waals surface area (Å²) in [5.74, 6) is -2.19. The van der Waals surface area contributed by atoms with Crippen molar-refractivity contribution in [3.8, 4) is 16.2 Å². The van der Waals surface area contributed by atoms with Crippen molar-refractivity contribution in [1.82, 2.24) is 15.2 Å². The van der Waals surface area contributed by atoms with Crippen LogP contribution in [0.5, 0.6) is 5.75 Å². The van der Waals surface area contributed by atoms with Crippen LogP contribution in [0.25, 0.3) is 10.4 Å². The number of aromatic hydroxyl groups is 1. The smallest absolute Gasteiger partial charge is 0.283 e. The number of carbonyl (C=O) groups excluding carboxylic acids is 3. The van der Waals surface area contributed by atoms with Gasteiger partial charge in [-0.25, -0.2) is 14.4 Å². The molecule has 4 rings (SSSR count). The molecule has 2 aliphatic rings. The zero-order valence-corrected chi connectivity index (χ0v) is 22.1. The molecule has 37 heavy (non-hydrogen) atoms. The predicted octanol–water partition coefficient (Wildman–Crippen LogP) is 2.92. The molecule has 0 unspecified atom stereocenters. The van der Waals surface area contributed by atoms with E-state index in [2.05, 4.69) is 15.3 Å². The van der Waals surface area contributed by atoms with Crippen molar-refractivity contribution in [2.45, 2.75) is 71.3 Å². The van der Waals surface area contributed by atoms with Gasteiger partial charge in [-0.05, 0) is 31.4 Å². The van der Waals surface area contributed by atoms with Gasteiger partial charge in [-0.2, -0.15) is 0 Å². The number of hydrogen-bond acceptors (Lipinski definition) is 7. The quantitative estimate of drug-likeness (QED) is 0.492. The number of phenols is 1. The lowest BCUT2D eigenvalue weighted by Crippen LogP contribution is -2.50. The lowest BCUT2D eigenvalue weighted by atomic mass is 9.88. The molecule has 1 saturated carbocycles. The second-order valence-electron chi connectivity index (χ2n) is 10.7. The summed E-state index contributed by atoms with van der Waals surface area (Å²) in [4.78, 5) is 49.0. The van der Waals surface area contributed by atoms with E-state index in [0.717, 1.165) is 16.1 Å². The van der Waals surface area contributed by atoms with Crippen molar-refractivity contribution in [2.75, 3.05) is 6.54 Å². The van der Waals surface area contributed by atoms with Gasteiger partial charge in [0.05, 0.1) is 22.2 Å². The maximum atomic E-state index is 14.3. The number of phenolic OH excluding ortho intramolecular Hbond substituents is 1. The Morgan fingerprint density at radius 3 is 2.57 bits per heavy atom. The summed E-state index contributed by atoms with van der Waals surface area (Å²) in [5, 5.41) is 23.5. The molecule has 198 valence electrons. The summed E-state index contributed by atoms with van der Waals surface area (Å²) in [7, 11) is 0. The van der Waals surface area contributed by atoms with E-state index in [-0.39, 0.29) is 43.8 Å². The zero-order chi connectivity index (χ0) is 27.1. The SMILES string of the molecule is Cc1ncsc1-c1ccc(CNC(=O)[C@@H]2C[C@@H](O)CN2C(=O)C(=NC(=O)C2(F)CC2)C(C)(C)C)c(O)c1. The lowest BCUT2D eigenvalue weighted by Gasteiger charge is -2.29. The van der Waals surface area contributed by atoms with E-state index in [4.69, 9.17) is 0 Å². The topological polar surface area (TPSA) is 132 Å². The van der Waals surface area contributed by atoms with Crippen molar-refractivity contribution in [3.05, 3.63) is 35.0 Å². The number of rotatable bonds is 6. The number of benzene rings is 1. The van der Waals surface area contributed by atoms with Gasteiger partial charge in [0, 0.05) is 30.5 Å². The summed E-state index contributed by atoms with van der Waals surface area (Å²) < 4.78 is 14.3. The number of aliphatic hydroxyl groups is 1. The zero-order valence-electron chi connectivity index (χ0n) is 21.2. The number of alkyl halides is 1. The first-order valence-electron chi connectivity index (χ1n) is 12.1. The fraction of sp³-hybridized carbons (Fsp3) is 0.500. The Bertz CT molecular complexity index is 1260. The van der Waals surface area contributed by atoms with Crippen LogP contribution in [0.4, 0.5) is 4.39 Å². The van der Waals surface area contributed by atoms with Crippen LogP contribution in [-0.4, -0.2) is 67.9 Å². The molecule has 1 aliphatic carbocycles. The molecule has 0 radical (unpaired) electrons. The van der Waals surface area contributed by atoms with Gasteiger partial charge in [0.1, 0.15) is 17.5 Å². The average Bonchev–Trinajstić information content (AvgIpc) is 3.23. The number of nitrogens with zero attached hydrogens (tertiary/aromatic N) is 3. The first-order valence-corrected chi connectivity index (χ1v) is 13.0. The van der Waals surface area contributed by atoms with Crippen LogP contribution in [-0.2, 0) is 20.9 Å². The van der Waals surface area contributed by atoms with Crippen molar-refractivity contribution < 1.29 is 29.0 Å². The lowest BCUT2D eigenvalue weighted by molar-refractivity contribution is -0.134. The number of aromatic nitrogens is 1. The third kappa shape index (κ3) is 5.72. The highest BCUT2D eigenvalue weighted by Gasteiger charge is 2.52. The third-order valence-corrected chi connectivity index (χ3v) is 7.56. The number of likely N-dealkylation sites (tertiary alicyclic amines) is 1. The Kier molecular flexibility index (Phi) is 7.22. The Balaban J connectivity index is 1.48. The highest BCUT2D eigenvalue weighted by atomic mass is 32.1. The molecule has 1 aromatic heterocycles. The minimum atomic E-state index is -2.02. The van der Waals surface area contributed by atoms with Crippen LogP contribution >= 0.6 is 11.3 Å². The van der Waals surface area contributed by atoms with Gasteiger partial charge in [-0.3, -0.25) is 14.4 Å². The number of β-amino-alcohol motifs (C(OH)–C–C–N with tert-alkyl or cyclic N) is 1. The van der Waals surface area contributed by atoms with E-state index in [0.29, 0.717) is 5.56 Å². The number of aliphatic hydroxyl groups excluding tert-OH is 1. The first-order chi connectivity index (χ1) is 17.3. The average molecular weight is 531 g/mol. The minimum absolute atomic E-state index is 0.00429. The van der Waals surface area contributed by atoms with Crippen LogP contribution in [0.1, 0.15) is 51.3 Å². The van der Waals surface area contributed by atoms with Gasteiger partial charge in [0.2, 0.25) is 5.91 Å². The van der Waals surface area contributed by atoms with Crippen LogP contribution < -0.4 is 5.32 Å². The number of aliphatic imine (C=N–C) groups is 1. The van der Waals surface area contributed by atoms with E-state index < -0.39 is 41.0 Å². The maximum absolute atomic E-state index is 14.3. The molecule has 2 aromatic rings. The Morgan fingerprint density at radius 1 is 1.30 bits per heavy atom. The van der Waals surface area contributed by atoms with Crippen LogP contribution in [0.3, 0.4) is 0 Å². The van der Waals surface area contributed by atoms with Gasteiger partial charge >= 0.3 is 0 Å². The molecule has 9 nitrogen and oxygen atoms in total. The number of amides is 3. The molecule has 1 aromatic carbocycles. The van der Waals surface area contributed by atoms with E-state index in [9.17, 15) is 29.0 Å². The summed E-state index contributed by atoms with van der Waals surface area (Å²) in [5.41, 5.74) is 0.814. The van der Waals surface area contributed by atoms with E-state index >= 15 is 0 Å². The highest BCUT2D eigenvalue weighted by Crippen LogP contribution is 2.41. The van der Waals surface area contributed by atoms with Crippen LogP contribution in [0, 0.1) is 12.3 Å². The summed E-state index contributed by atoms with van der Waals surface area (Å²) in [6, 6.07) is 4.14. The van der Waals surface area contributed by atoms with E-state index in [1.165, 1.54) is 16.2 Å². The van der Waals surface area contributed by atoms with Gasteiger partial charge < -0.3 is 20.4 Å². The fourth-order valence-corrected chi connectivity index (χ4v) is 5.02. The molecule has 1 aliphatic heterocycles. The van der Waals surface area contributed by atoms with Gasteiger partial charge in [0.25, 0.3) is 11.8 Å². The van der Waals surface area contributed by atoms with E-state index in [1.54, 1.807) is 38.4 Å². The molecule has 2 heterocycles. The number of carbonyl (C=O) groups is 3. The Morgan fingerprint density at radius 2 is 2.00 bits per heavy atom. The summed E-state index contributed by atoms with van der Waals surface area (Å²) in [6.07, 6.45) is -0.785. The molecule has 0 bridgehead atoms. The first kappa shape index (κ1) is 26.9. The van der Waals surface area contributed by atoms with E-state index in [1.807, 2.05) is 13.0 Å². The van der Waals surface area contributed by atoms with Crippen LogP contribution in [0.2, 0.25) is 0 Å². The number of aryl methyl sites for hydroxylation is 1. The molecule has 2 fully saturated rings. The number of halogens is 1. The summed E-state index contributed by atoms with van der Waals surface area (Å²) >= 11 is 1.46. The number of hydrogen-bond donors (Lipinski definition) is 3. The predicted molar refractivity (Wildman–Crippen MR) is 137 cm³/mol. The molecule has 11 heteroatoms. The fourth-order valence-electron chi connectivity index (χ4n) is 4.22. The molecule has 3 amide bonds. The maximum Gasteiger partial charge on any atom is 0.283 e. The Labute approximate surface area is 218 Å². The molecule has 1 saturated heterocycles. The Hall–Kier alpha value is -3.18. The van der Waals surface area contributed by atoms with Gasteiger partial charge in [-0.15, -0.1) is 11.3 Å². The van der Waals surface area contributed by atoms with Gasteiger partial charge in [-0.1, -0.05) is 32.9 Å². The standard InChI is InChI=1S/C26H31FN4O5S/c1-14-20(37-13-29-14)15-5-6-16(19(33)9-15)11-28-22(34)18-10-17(32)12-31(18)23(35)21(25(2,3)4)30-24(36)26(27)7-8-26/h5-6,9,13,17-18,32-33H,7-8,10-12H2,1-4H3,(H,28,34)/t17-,18+/m1/s1.